The van der Waals surface area contributed by atoms with Crippen molar-refractivity contribution >= 4 is 16.9 Å². The lowest BCUT2D eigenvalue weighted by molar-refractivity contribution is -0.136. The minimum Gasteiger partial charge on any atom is -0.481 e. The van der Waals surface area contributed by atoms with Gasteiger partial charge in [-0.1, -0.05) is 59.8 Å². The molecule has 0 aliphatic heterocycles. The summed E-state index contributed by atoms with van der Waals surface area (Å²) >= 11 is 0. The second kappa shape index (κ2) is 9.90. The maximum Gasteiger partial charge on any atom is 0.304 e. The van der Waals surface area contributed by atoms with Crippen molar-refractivity contribution in [2.75, 3.05) is 6.54 Å². The molecule has 0 aliphatic carbocycles. The third-order valence-corrected chi connectivity index (χ3v) is 5.75. The van der Waals surface area contributed by atoms with Crippen LogP contribution in [0.4, 0.5) is 4.39 Å². The number of nitrogens with zero attached hydrogens (tertiary/aromatic N) is 3. The Hall–Kier alpha value is -4.30. The van der Waals surface area contributed by atoms with Crippen molar-refractivity contribution < 1.29 is 18.8 Å². The summed E-state index contributed by atoms with van der Waals surface area (Å²) in [5.74, 6) is -0.400. The second-order valence-corrected chi connectivity index (χ2v) is 8.26. The van der Waals surface area contributed by atoms with E-state index in [1.165, 1.54) is 12.1 Å². The number of aliphatic carboxylic acids is 1. The number of carbonyl (C=O) groups is 1. The van der Waals surface area contributed by atoms with Crippen molar-refractivity contribution in [2.45, 2.75) is 19.5 Å². The number of hydrogen-bond acceptors (Lipinski definition) is 5. The summed E-state index contributed by atoms with van der Waals surface area (Å²) in [6, 6.07) is 22.4. The highest BCUT2D eigenvalue weighted by atomic mass is 19.1. The number of fused-ring (bicyclic) bond motifs is 1. The predicted molar refractivity (Wildman–Crippen MR) is 130 cm³/mol. The normalized spacial score (nSPS) is 11.2. The Kier molecular flexibility index (Phi) is 6.36. The van der Waals surface area contributed by atoms with Gasteiger partial charge in [0.25, 0.3) is 5.89 Å². The van der Waals surface area contributed by atoms with Crippen LogP contribution in [-0.4, -0.2) is 32.3 Å². The Balaban J connectivity index is 1.39. The Labute approximate surface area is 200 Å². The SMILES string of the molecule is O=C(O)CCNCc1ccc(-c2noc(-c3cn(Cc4ccccc4)c4ccc(F)cc34)n2)cc1. The predicted octanol–water partition coefficient (Wildman–Crippen LogP) is 5.11. The summed E-state index contributed by atoms with van der Waals surface area (Å²) in [6.07, 6.45) is 2.00. The second-order valence-electron chi connectivity index (χ2n) is 8.26. The van der Waals surface area contributed by atoms with Crippen molar-refractivity contribution in [3.8, 4) is 22.8 Å². The summed E-state index contributed by atoms with van der Waals surface area (Å²) in [7, 11) is 0. The number of nitrogens with one attached hydrogen (secondary N) is 1. The van der Waals surface area contributed by atoms with E-state index in [0.29, 0.717) is 42.3 Å². The molecule has 176 valence electrons. The van der Waals surface area contributed by atoms with E-state index in [0.717, 1.165) is 22.2 Å². The standard InChI is InChI=1S/C27H23FN4O3/c28-21-10-11-24-22(14-21)23(17-32(24)16-19-4-2-1-3-5-19)27-30-26(31-35-27)20-8-6-18(7-9-20)15-29-13-12-25(33)34/h1-11,14,17,29H,12-13,15-16H2,(H,33,34). The molecule has 2 heterocycles. The fraction of sp³-hybridized carbons (Fsp3) is 0.148. The first kappa shape index (κ1) is 22.5. The van der Waals surface area contributed by atoms with Gasteiger partial charge in [0.05, 0.1) is 12.0 Å². The summed E-state index contributed by atoms with van der Waals surface area (Å²) < 4.78 is 21.8. The molecular formula is C27H23FN4O3. The highest BCUT2D eigenvalue weighted by Crippen LogP contribution is 2.32. The van der Waals surface area contributed by atoms with Gasteiger partial charge >= 0.3 is 5.97 Å². The van der Waals surface area contributed by atoms with Crippen LogP contribution in [0.25, 0.3) is 33.7 Å². The van der Waals surface area contributed by atoms with E-state index in [2.05, 4.69) is 20.0 Å². The average Bonchev–Trinajstić information content (AvgIpc) is 3.48. The zero-order valence-corrected chi connectivity index (χ0v) is 18.8. The topological polar surface area (TPSA) is 93.2 Å². The molecule has 0 unspecified atom stereocenters. The molecule has 35 heavy (non-hydrogen) atoms. The Morgan fingerprint density at radius 3 is 2.60 bits per heavy atom. The fourth-order valence-electron chi connectivity index (χ4n) is 4.00. The number of benzene rings is 3. The Bertz CT molecular complexity index is 1460. The maximum atomic E-state index is 14.1. The van der Waals surface area contributed by atoms with Crippen LogP contribution in [0.3, 0.4) is 0 Å². The first-order chi connectivity index (χ1) is 17.1. The van der Waals surface area contributed by atoms with Crippen LogP contribution in [0.15, 0.2) is 83.5 Å². The van der Waals surface area contributed by atoms with E-state index in [1.807, 2.05) is 60.8 Å². The molecule has 0 spiro atoms. The number of halogens is 1. The summed E-state index contributed by atoms with van der Waals surface area (Å²) in [5.41, 5.74) is 4.48. The monoisotopic (exact) mass is 470 g/mol. The van der Waals surface area contributed by atoms with Crippen molar-refractivity contribution in [2.24, 2.45) is 0 Å². The lowest BCUT2D eigenvalue weighted by atomic mass is 10.1. The fourth-order valence-corrected chi connectivity index (χ4v) is 4.00. The molecule has 3 aromatic carbocycles. The van der Waals surface area contributed by atoms with Gasteiger partial charge in [-0.05, 0) is 29.3 Å². The molecule has 0 radical (unpaired) electrons. The third-order valence-electron chi connectivity index (χ3n) is 5.75. The Morgan fingerprint density at radius 1 is 1.03 bits per heavy atom. The largest absolute Gasteiger partial charge is 0.481 e. The molecule has 0 saturated carbocycles. The van der Waals surface area contributed by atoms with Gasteiger partial charge in [-0.3, -0.25) is 4.79 Å². The molecule has 2 aromatic heterocycles. The molecular weight excluding hydrogens is 447 g/mol. The van der Waals surface area contributed by atoms with Crippen LogP contribution < -0.4 is 5.32 Å². The van der Waals surface area contributed by atoms with Crippen LogP contribution in [-0.2, 0) is 17.9 Å². The van der Waals surface area contributed by atoms with Crippen LogP contribution in [0.5, 0.6) is 0 Å². The third kappa shape index (κ3) is 5.12. The van der Waals surface area contributed by atoms with Crippen molar-refractivity contribution in [3.63, 3.8) is 0 Å². The van der Waals surface area contributed by atoms with E-state index in [4.69, 9.17) is 9.63 Å². The van der Waals surface area contributed by atoms with Gasteiger partial charge in [0.15, 0.2) is 0 Å². The summed E-state index contributed by atoms with van der Waals surface area (Å²) in [4.78, 5) is 15.2. The van der Waals surface area contributed by atoms with Gasteiger partial charge in [0, 0.05) is 42.3 Å². The van der Waals surface area contributed by atoms with E-state index < -0.39 is 5.97 Å². The van der Waals surface area contributed by atoms with Gasteiger partial charge in [0.1, 0.15) is 5.82 Å². The minimum absolute atomic E-state index is 0.0787. The van der Waals surface area contributed by atoms with Gasteiger partial charge < -0.3 is 19.5 Å². The minimum atomic E-state index is -0.827. The molecule has 0 saturated heterocycles. The molecule has 8 heteroatoms. The molecule has 2 N–H and O–H groups in total. The summed E-state index contributed by atoms with van der Waals surface area (Å²) in [6.45, 7) is 1.60. The van der Waals surface area contributed by atoms with Gasteiger partial charge in [-0.25, -0.2) is 4.39 Å². The van der Waals surface area contributed by atoms with Crippen molar-refractivity contribution in [1.29, 1.82) is 0 Å². The molecule has 5 aromatic rings. The van der Waals surface area contributed by atoms with Crippen LogP contribution in [0.1, 0.15) is 17.5 Å². The molecule has 0 bridgehead atoms. The number of hydrogen-bond donors (Lipinski definition) is 2. The van der Waals surface area contributed by atoms with Gasteiger partial charge in [0.2, 0.25) is 5.82 Å². The van der Waals surface area contributed by atoms with Crippen molar-refractivity contribution in [3.05, 3.63) is 95.9 Å². The highest BCUT2D eigenvalue weighted by Gasteiger charge is 2.18. The van der Waals surface area contributed by atoms with E-state index >= 15 is 0 Å². The van der Waals surface area contributed by atoms with Crippen LogP contribution in [0.2, 0.25) is 0 Å². The molecule has 0 atom stereocenters. The number of rotatable bonds is 9. The number of aromatic nitrogens is 3. The zero-order valence-electron chi connectivity index (χ0n) is 18.8. The van der Waals surface area contributed by atoms with Crippen LogP contribution >= 0.6 is 0 Å². The smallest absolute Gasteiger partial charge is 0.304 e. The first-order valence-corrected chi connectivity index (χ1v) is 11.2. The van der Waals surface area contributed by atoms with E-state index in [1.54, 1.807) is 6.07 Å². The molecule has 5 rings (SSSR count). The first-order valence-electron chi connectivity index (χ1n) is 11.2. The number of carboxylic acid groups (broad SMARTS) is 1. The Morgan fingerprint density at radius 2 is 1.83 bits per heavy atom. The molecule has 0 amide bonds. The molecule has 7 nitrogen and oxygen atoms in total. The summed E-state index contributed by atoms with van der Waals surface area (Å²) in [5, 5.41) is 16.7. The zero-order chi connectivity index (χ0) is 24.2. The average molecular weight is 471 g/mol. The molecule has 0 aliphatic rings. The van der Waals surface area contributed by atoms with E-state index in [9.17, 15) is 9.18 Å². The lowest BCUT2D eigenvalue weighted by Gasteiger charge is -2.05. The van der Waals surface area contributed by atoms with Gasteiger partial charge in [-0.15, -0.1) is 0 Å². The number of carboxylic acids is 1. The van der Waals surface area contributed by atoms with Crippen molar-refractivity contribution in [1.82, 2.24) is 20.0 Å². The van der Waals surface area contributed by atoms with Gasteiger partial charge in [-0.2, -0.15) is 4.98 Å². The maximum absolute atomic E-state index is 14.1. The quantitative estimate of drug-likeness (QED) is 0.291. The molecule has 0 fully saturated rings. The highest BCUT2D eigenvalue weighted by molar-refractivity contribution is 5.94. The van der Waals surface area contributed by atoms with E-state index in [-0.39, 0.29) is 12.2 Å². The van der Waals surface area contributed by atoms with Crippen LogP contribution in [0, 0.1) is 5.82 Å². The lowest BCUT2D eigenvalue weighted by Crippen LogP contribution is -2.17.